The fourth-order valence-electron chi connectivity index (χ4n) is 6.35. The van der Waals surface area contributed by atoms with E-state index in [0.29, 0.717) is 0 Å². The summed E-state index contributed by atoms with van der Waals surface area (Å²) in [6.45, 7) is 18.4. The first kappa shape index (κ1) is 36.5. The smallest absolute Gasteiger partial charge is 0.109 e. The second-order valence-electron chi connectivity index (χ2n) is 15.6. The van der Waals surface area contributed by atoms with Crippen LogP contribution in [0.2, 0.25) is 0 Å². The molecule has 1 heteroatoms. The molecule has 7 rings (SSSR count). The molecule has 0 aromatic heterocycles. The zero-order valence-electron chi connectivity index (χ0n) is 30.6. The van der Waals surface area contributed by atoms with Gasteiger partial charge in [-0.15, -0.1) is 46.2 Å². The fourth-order valence-corrected chi connectivity index (χ4v) is 6.76. The Kier molecular flexibility index (Phi) is 11.5. The molecule has 1 aliphatic rings. The molecule has 0 fully saturated rings. The van der Waals surface area contributed by atoms with Crippen molar-refractivity contribution in [2.45, 2.75) is 78.1 Å². The van der Waals surface area contributed by atoms with Gasteiger partial charge in [-0.2, -0.15) is 6.08 Å². The molecule has 0 nitrogen and oxygen atoms in total. The van der Waals surface area contributed by atoms with Crippen LogP contribution < -0.4 is 0 Å². The Hall–Kier alpha value is -3.80. The fraction of sp³-hybridized carbons (Fsp3) is 0.250. The van der Waals surface area contributed by atoms with Gasteiger partial charge in [-0.25, -0.2) is 12.2 Å². The molecule has 1 aliphatic carbocycles. The topological polar surface area (TPSA) is 0 Å². The van der Waals surface area contributed by atoms with Gasteiger partial charge in [0.05, 0.1) is 0 Å². The number of benzene rings is 5. The van der Waals surface area contributed by atoms with Crippen LogP contribution in [-0.4, -0.2) is 3.71 Å². The maximum Gasteiger partial charge on any atom is -0.109 e. The molecule has 0 N–H and O–H groups in total. The van der Waals surface area contributed by atoms with E-state index in [-0.39, 0.29) is 16.2 Å². The van der Waals surface area contributed by atoms with Crippen LogP contribution in [0.5, 0.6) is 0 Å². The summed E-state index contributed by atoms with van der Waals surface area (Å²) in [7, 11) is 0. The van der Waals surface area contributed by atoms with Crippen molar-refractivity contribution >= 4 is 25.3 Å². The first-order valence-electron chi connectivity index (χ1n) is 17.4. The van der Waals surface area contributed by atoms with E-state index in [0.717, 1.165) is 6.42 Å². The van der Waals surface area contributed by atoms with Crippen LogP contribution in [0.15, 0.2) is 140 Å². The summed E-state index contributed by atoms with van der Waals surface area (Å²) in [5, 5.41) is 5.36. The van der Waals surface area contributed by atoms with E-state index in [1.165, 1.54) is 84.7 Å². The predicted octanol–water partition coefficient (Wildman–Crippen LogP) is 13.3. The zero-order valence-corrected chi connectivity index (χ0v) is 33.0. The molecule has 0 amide bonds. The molecule has 0 aliphatic heterocycles. The van der Waals surface area contributed by atoms with Crippen LogP contribution in [0.3, 0.4) is 0 Å². The number of hydrogen-bond donors (Lipinski definition) is 0. The van der Waals surface area contributed by atoms with Gasteiger partial charge in [-0.1, -0.05) is 114 Å². The third kappa shape index (κ3) is 8.87. The number of hydrogen-bond acceptors (Lipinski definition) is 0. The Morgan fingerprint density at radius 1 is 0.592 bits per heavy atom. The SMILES string of the molecule is CC(C)(C)c1cc2c(cc1-c1ccccc1)[cH-]c1cc(-c3ccccc3)c(C(C)(C)C)cc12.CC(C)([CH]=[Zr+2])c1ccccc1.[C-]1=CC=CC1. The van der Waals surface area contributed by atoms with Gasteiger partial charge >= 0.3 is 83.1 Å². The molecule has 0 saturated carbocycles. The van der Waals surface area contributed by atoms with Gasteiger partial charge in [0.25, 0.3) is 0 Å². The second-order valence-corrected chi connectivity index (χ2v) is 16.3. The minimum absolute atomic E-state index is 0.0554. The summed E-state index contributed by atoms with van der Waals surface area (Å²) in [5.41, 5.74) is 9.81. The summed E-state index contributed by atoms with van der Waals surface area (Å²) < 4.78 is 2.31. The van der Waals surface area contributed by atoms with E-state index in [2.05, 4.69) is 193 Å². The van der Waals surface area contributed by atoms with Gasteiger partial charge in [0.2, 0.25) is 0 Å². The van der Waals surface area contributed by atoms with Crippen molar-refractivity contribution in [3.8, 4) is 22.3 Å². The predicted molar refractivity (Wildman–Crippen MR) is 212 cm³/mol. The summed E-state index contributed by atoms with van der Waals surface area (Å²) >= 11 is 1.49. The molecular weight excluding hydrogens is 668 g/mol. The minimum Gasteiger partial charge on any atom is -0.273 e. The molecular formula is C48H50Zr. The molecule has 0 spiro atoms. The quantitative estimate of drug-likeness (QED) is 0.159. The molecule has 0 bridgehead atoms. The third-order valence-electron chi connectivity index (χ3n) is 9.23. The van der Waals surface area contributed by atoms with Gasteiger partial charge in [-0.3, -0.25) is 6.08 Å². The van der Waals surface area contributed by atoms with Gasteiger partial charge in [0.1, 0.15) is 0 Å². The van der Waals surface area contributed by atoms with E-state index < -0.39 is 0 Å². The zero-order chi connectivity index (χ0) is 35.2. The van der Waals surface area contributed by atoms with Crippen LogP contribution in [0, 0.1) is 6.08 Å². The number of rotatable bonds is 4. The van der Waals surface area contributed by atoms with E-state index in [4.69, 9.17) is 0 Å². The Bertz CT molecular complexity index is 1940. The molecule has 49 heavy (non-hydrogen) atoms. The van der Waals surface area contributed by atoms with Crippen molar-refractivity contribution in [2.24, 2.45) is 0 Å². The third-order valence-corrected chi connectivity index (χ3v) is 11.0. The van der Waals surface area contributed by atoms with Gasteiger partial charge < -0.3 is 0 Å². The van der Waals surface area contributed by atoms with Crippen molar-refractivity contribution < 1.29 is 24.2 Å². The van der Waals surface area contributed by atoms with Crippen molar-refractivity contribution in [3.63, 3.8) is 0 Å². The molecule has 6 aromatic carbocycles. The van der Waals surface area contributed by atoms with E-state index in [9.17, 15) is 0 Å². The largest absolute Gasteiger partial charge is 0.273 e. The second kappa shape index (κ2) is 15.4. The van der Waals surface area contributed by atoms with Crippen molar-refractivity contribution in [1.82, 2.24) is 0 Å². The van der Waals surface area contributed by atoms with Crippen LogP contribution in [0.25, 0.3) is 43.8 Å². The summed E-state index contributed by atoms with van der Waals surface area (Å²) in [6, 6.07) is 44.3. The van der Waals surface area contributed by atoms with Crippen LogP contribution in [0.4, 0.5) is 0 Å². The van der Waals surface area contributed by atoms with E-state index in [1.807, 2.05) is 12.2 Å². The van der Waals surface area contributed by atoms with E-state index >= 15 is 0 Å². The average molecular weight is 718 g/mol. The van der Waals surface area contributed by atoms with Crippen LogP contribution >= 0.6 is 0 Å². The maximum absolute atomic E-state index is 2.99. The van der Waals surface area contributed by atoms with Gasteiger partial charge in [-0.05, 0) is 44.2 Å². The Balaban J connectivity index is 0.000000240. The molecule has 0 unspecified atom stereocenters. The molecule has 0 saturated heterocycles. The molecule has 246 valence electrons. The van der Waals surface area contributed by atoms with E-state index in [1.54, 1.807) is 0 Å². The monoisotopic (exact) mass is 716 g/mol. The van der Waals surface area contributed by atoms with Crippen LogP contribution in [0.1, 0.15) is 78.5 Å². The summed E-state index contributed by atoms with van der Waals surface area (Å²) in [5.74, 6) is 0. The Labute approximate surface area is 310 Å². The Morgan fingerprint density at radius 3 is 1.35 bits per heavy atom. The first-order valence-corrected chi connectivity index (χ1v) is 18.8. The average Bonchev–Trinajstić information content (AvgIpc) is 3.80. The normalized spacial score (nSPS) is 12.8. The summed E-state index contributed by atoms with van der Waals surface area (Å²) in [6.07, 6.45) is 10.0. The number of allylic oxidation sites excluding steroid dienone is 4. The molecule has 0 atom stereocenters. The van der Waals surface area contributed by atoms with Gasteiger partial charge in [0, 0.05) is 0 Å². The minimum atomic E-state index is 0.0554. The summed E-state index contributed by atoms with van der Waals surface area (Å²) in [4.78, 5) is 0. The van der Waals surface area contributed by atoms with Crippen molar-refractivity contribution in [2.75, 3.05) is 0 Å². The van der Waals surface area contributed by atoms with Crippen LogP contribution in [-0.2, 0) is 40.5 Å². The van der Waals surface area contributed by atoms with Crippen molar-refractivity contribution in [1.29, 1.82) is 0 Å². The number of fused-ring (bicyclic) bond motifs is 3. The maximum atomic E-state index is 2.99. The molecule has 6 aromatic rings. The van der Waals surface area contributed by atoms with Gasteiger partial charge in [0.15, 0.2) is 0 Å². The molecule has 0 radical (unpaired) electrons. The Morgan fingerprint density at radius 2 is 1.02 bits per heavy atom. The standard InChI is InChI=1S/C33H33.C10H12.C5H5.Zr/c1-32(2,3)30-20-26-24(18-28(30)22-13-9-7-10-14-22)17-25-19-29(23-15-11-8-12-16-23)31(21-27(25)26)33(4,5)6;1-10(2,3)9-7-5-4-6-8-9;1-2-4-5-3-1;/h7-21H,1-6H3;1,4-8H,2-3H3;1-3H,4H2;/q-1;;-1;+2. The first-order chi connectivity index (χ1) is 23.3. The van der Waals surface area contributed by atoms with Crippen molar-refractivity contribution in [3.05, 3.63) is 162 Å². The molecule has 0 heterocycles.